The van der Waals surface area contributed by atoms with E-state index < -0.39 is 6.04 Å². The van der Waals surface area contributed by atoms with Crippen LogP contribution in [0.15, 0.2) is 24.3 Å². The molecular weight excluding hydrogens is 300 g/mol. The summed E-state index contributed by atoms with van der Waals surface area (Å²) in [6.45, 7) is 4.03. The predicted molar refractivity (Wildman–Crippen MR) is 92.6 cm³/mol. The van der Waals surface area contributed by atoms with E-state index in [4.69, 9.17) is 10.5 Å². The number of benzene rings is 1. The lowest BCUT2D eigenvalue weighted by Crippen LogP contribution is -2.40. The molecule has 4 nitrogen and oxygen atoms in total. The monoisotopic (exact) mass is 326 g/mol. The van der Waals surface area contributed by atoms with Gasteiger partial charge in [-0.2, -0.15) is 0 Å². The SMILES string of the molecule is CCC(C)C(N)C(=O)Nc1cccc(OC2CCCC2)c1.Cl. The second-order valence-corrected chi connectivity index (χ2v) is 5.95. The smallest absolute Gasteiger partial charge is 0.241 e. The Balaban J connectivity index is 0.00000242. The van der Waals surface area contributed by atoms with E-state index in [1.54, 1.807) is 0 Å². The molecule has 1 amide bonds. The molecule has 3 N–H and O–H groups in total. The summed E-state index contributed by atoms with van der Waals surface area (Å²) in [4.78, 5) is 12.1. The van der Waals surface area contributed by atoms with Crippen molar-refractivity contribution >= 4 is 24.0 Å². The van der Waals surface area contributed by atoms with Gasteiger partial charge in [-0.05, 0) is 43.7 Å². The van der Waals surface area contributed by atoms with E-state index in [0.29, 0.717) is 6.10 Å². The number of hydrogen-bond donors (Lipinski definition) is 2. The van der Waals surface area contributed by atoms with Crippen LogP contribution in [0.25, 0.3) is 0 Å². The van der Waals surface area contributed by atoms with Crippen molar-refractivity contribution in [2.24, 2.45) is 11.7 Å². The lowest BCUT2D eigenvalue weighted by molar-refractivity contribution is -0.118. The van der Waals surface area contributed by atoms with E-state index >= 15 is 0 Å². The number of nitrogens with one attached hydrogen (secondary N) is 1. The fourth-order valence-electron chi connectivity index (χ4n) is 2.58. The van der Waals surface area contributed by atoms with Crippen LogP contribution in [0.3, 0.4) is 0 Å². The summed E-state index contributed by atoms with van der Waals surface area (Å²) in [6.07, 6.45) is 5.93. The number of nitrogens with two attached hydrogens (primary N) is 1. The number of carbonyl (C=O) groups is 1. The number of anilines is 1. The summed E-state index contributed by atoms with van der Waals surface area (Å²) in [7, 11) is 0. The molecule has 124 valence electrons. The van der Waals surface area contributed by atoms with Gasteiger partial charge in [0.2, 0.25) is 5.91 Å². The summed E-state index contributed by atoms with van der Waals surface area (Å²) in [5, 5.41) is 2.88. The van der Waals surface area contributed by atoms with E-state index in [-0.39, 0.29) is 24.2 Å². The van der Waals surface area contributed by atoms with Crippen LogP contribution in [0, 0.1) is 5.92 Å². The zero-order valence-corrected chi connectivity index (χ0v) is 14.2. The zero-order valence-electron chi connectivity index (χ0n) is 13.4. The maximum Gasteiger partial charge on any atom is 0.241 e. The number of hydrogen-bond acceptors (Lipinski definition) is 3. The van der Waals surface area contributed by atoms with Crippen molar-refractivity contribution in [3.63, 3.8) is 0 Å². The van der Waals surface area contributed by atoms with Crippen molar-refractivity contribution in [2.45, 2.75) is 58.1 Å². The summed E-state index contributed by atoms with van der Waals surface area (Å²) in [5.41, 5.74) is 6.69. The van der Waals surface area contributed by atoms with E-state index in [2.05, 4.69) is 5.32 Å². The highest BCUT2D eigenvalue weighted by atomic mass is 35.5. The van der Waals surface area contributed by atoms with Crippen LogP contribution < -0.4 is 15.8 Å². The van der Waals surface area contributed by atoms with Gasteiger partial charge in [0.1, 0.15) is 5.75 Å². The minimum absolute atomic E-state index is 0. The maximum atomic E-state index is 12.1. The van der Waals surface area contributed by atoms with Gasteiger partial charge in [-0.25, -0.2) is 0 Å². The third-order valence-corrected chi connectivity index (χ3v) is 4.27. The lowest BCUT2D eigenvalue weighted by atomic mass is 9.99. The predicted octanol–water partition coefficient (Wildman–Crippen LogP) is 3.74. The van der Waals surface area contributed by atoms with Gasteiger partial charge in [0.15, 0.2) is 0 Å². The molecule has 2 atom stereocenters. The Morgan fingerprint density at radius 3 is 2.73 bits per heavy atom. The fourth-order valence-corrected chi connectivity index (χ4v) is 2.58. The maximum absolute atomic E-state index is 12.1. The second-order valence-electron chi connectivity index (χ2n) is 5.95. The molecule has 0 aliphatic heterocycles. The zero-order chi connectivity index (χ0) is 15.2. The van der Waals surface area contributed by atoms with Crippen molar-refractivity contribution < 1.29 is 9.53 Å². The van der Waals surface area contributed by atoms with Crippen molar-refractivity contribution in [1.29, 1.82) is 0 Å². The third-order valence-electron chi connectivity index (χ3n) is 4.27. The number of ether oxygens (including phenoxy) is 1. The van der Waals surface area contributed by atoms with Crippen molar-refractivity contribution in [2.75, 3.05) is 5.32 Å². The fraction of sp³-hybridized carbons (Fsp3) is 0.588. The minimum atomic E-state index is -0.477. The number of carbonyl (C=O) groups excluding carboxylic acids is 1. The highest BCUT2D eigenvalue weighted by molar-refractivity contribution is 5.95. The summed E-state index contributed by atoms with van der Waals surface area (Å²) in [5.74, 6) is 0.849. The summed E-state index contributed by atoms with van der Waals surface area (Å²) < 4.78 is 5.94. The molecule has 1 fully saturated rings. The molecule has 0 aromatic heterocycles. The first-order valence-electron chi connectivity index (χ1n) is 7.93. The minimum Gasteiger partial charge on any atom is -0.490 e. The average Bonchev–Trinajstić information content (AvgIpc) is 2.98. The lowest BCUT2D eigenvalue weighted by Gasteiger charge is -2.18. The molecule has 1 aliphatic carbocycles. The average molecular weight is 327 g/mol. The summed E-state index contributed by atoms with van der Waals surface area (Å²) in [6, 6.07) is 7.09. The normalized spacial score (nSPS) is 17.4. The van der Waals surface area contributed by atoms with Gasteiger partial charge in [-0.3, -0.25) is 4.79 Å². The molecule has 0 saturated heterocycles. The molecule has 2 rings (SSSR count). The van der Waals surface area contributed by atoms with Gasteiger partial charge in [-0.1, -0.05) is 26.3 Å². The number of halogens is 1. The Morgan fingerprint density at radius 2 is 2.09 bits per heavy atom. The van der Waals surface area contributed by atoms with Crippen LogP contribution in [0.4, 0.5) is 5.69 Å². The van der Waals surface area contributed by atoms with Crippen LogP contribution in [-0.2, 0) is 4.79 Å². The highest BCUT2D eigenvalue weighted by Crippen LogP contribution is 2.25. The van der Waals surface area contributed by atoms with Crippen LogP contribution in [-0.4, -0.2) is 18.1 Å². The van der Waals surface area contributed by atoms with Crippen LogP contribution in [0.5, 0.6) is 5.75 Å². The van der Waals surface area contributed by atoms with E-state index in [9.17, 15) is 4.79 Å². The van der Waals surface area contributed by atoms with Crippen LogP contribution >= 0.6 is 12.4 Å². The standard InChI is InChI=1S/C17H26N2O2.ClH/c1-3-12(2)16(18)17(20)19-13-7-6-10-15(11-13)21-14-8-4-5-9-14;/h6-7,10-12,14,16H,3-5,8-9,18H2,1-2H3,(H,19,20);1H. The van der Waals surface area contributed by atoms with Gasteiger partial charge >= 0.3 is 0 Å². The van der Waals surface area contributed by atoms with E-state index in [1.807, 2.05) is 38.1 Å². The molecule has 0 bridgehead atoms. The van der Waals surface area contributed by atoms with Gasteiger partial charge in [-0.15, -0.1) is 12.4 Å². The first-order chi connectivity index (χ1) is 10.1. The van der Waals surface area contributed by atoms with Crippen LogP contribution in [0.1, 0.15) is 46.0 Å². The second kappa shape index (κ2) is 9.01. The highest BCUT2D eigenvalue weighted by Gasteiger charge is 2.20. The molecular formula is C17H27ClN2O2. The van der Waals surface area contributed by atoms with E-state index in [0.717, 1.165) is 30.7 Å². The third kappa shape index (κ3) is 5.18. The molecule has 0 spiro atoms. The van der Waals surface area contributed by atoms with E-state index in [1.165, 1.54) is 12.8 Å². The van der Waals surface area contributed by atoms with Crippen molar-refractivity contribution in [1.82, 2.24) is 0 Å². The number of rotatable bonds is 6. The quantitative estimate of drug-likeness (QED) is 0.837. The Kier molecular flexibility index (Phi) is 7.69. The topological polar surface area (TPSA) is 64.4 Å². The van der Waals surface area contributed by atoms with Gasteiger partial charge in [0.05, 0.1) is 12.1 Å². The Bertz CT molecular complexity index is 475. The van der Waals surface area contributed by atoms with Crippen molar-refractivity contribution in [3.05, 3.63) is 24.3 Å². The Morgan fingerprint density at radius 1 is 1.41 bits per heavy atom. The molecule has 1 aliphatic rings. The molecule has 1 saturated carbocycles. The molecule has 2 unspecified atom stereocenters. The van der Waals surface area contributed by atoms with Gasteiger partial charge < -0.3 is 15.8 Å². The van der Waals surface area contributed by atoms with Gasteiger partial charge in [0.25, 0.3) is 0 Å². The van der Waals surface area contributed by atoms with Crippen LogP contribution in [0.2, 0.25) is 0 Å². The Hall–Kier alpha value is -1.26. The molecule has 22 heavy (non-hydrogen) atoms. The van der Waals surface area contributed by atoms with Gasteiger partial charge in [0, 0.05) is 11.8 Å². The first-order valence-corrected chi connectivity index (χ1v) is 7.93. The molecule has 5 heteroatoms. The summed E-state index contributed by atoms with van der Waals surface area (Å²) >= 11 is 0. The first kappa shape index (κ1) is 18.8. The molecule has 1 aromatic carbocycles. The number of amides is 1. The molecule has 0 radical (unpaired) electrons. The largest absolute Gasteiger partial charge is 0.490 e. The molecule has 0 heterocycles. The van der Waals surface area contributed by atoms with Crippen molar-refractivity contribution in [3.8, 4) is 5.75 Å². The Labute approximate surface area is 139 Å². The molecule has 1 aromatic rings.